The first kappa shape index (κ1) is 15.5. The summed E-state index contributed by atoms with van der Waals surface area (Å²) in [6, 6.07) is 11.6. The highest BCUT2D eigenvalue weighted by atomic mass is 16.2. The number of carbonyl (C=O) groups is 1. The van der Waals surface area contributed by atoms with Gasteiger partial charge in [0.25, 0.3) is 11.5 Å². The van der Waals surface area contributed by atoms with Crippen LogP contribution in [0.3, 0.4) is 0 Å². The Morgan fingerprint density at radius 1 is 1.09 bits per heavy atom. The Labute approximate surface area is 136 Å². The van der Waals surface area contributed by atoms with E-state index in [0.717, 1.165) is 37.1 Å². The molecule has 1 aliphatic rings. The largest absolute Gasteiger partial charge is 0.338 e. The number of hydrogen-bond acceptors (Lipinski definition) is 2. The smallest absolute Gasteiger partial charge is 0.264 e. The zero-order valence-electron chi connectivity index (χ0n) is 13.7. The number of pyridine rings is 1. The average molecular weight is 310 g/mol. The SMILES string of the molecule is Cc1ccn(C(C)c2ccccc2)c(=O)c1C(=O)N1CCCC1. The molecule has 1 aromatic heterocycles. The second kappa shape index (κ2) is 6.41. The second-order valence-corrected chi connectivity index (χ2v) is 6.17. The van der Waals surface area contributed by atoms with Gasteiger partial charge in [0.1, 0.15) is 5.56 Å². The third-order valence-corrected chi connectivity index (χ3v) is 4.63. The Morgan fingerprint density at radius 2 is 1.74 bits per heavy atom. The minimum absolute atomic E-state index is 0.102. The van der Waals surface area contributed by atoms with E-state index in [-0.39, 0.29) is 17.5 Å². The van der Waals surface area contributed by atoms with Crippen LogP contribution in [0.15, 0.2) is 47.4 Å². The minimum atomic E-state index is -0.196. The first-order valence-corrected chi connectivity index (χ1v) is 8.15. The first-order valence-electron chi connectivity index (χ1n) is 8.15. The van der Waals surface area contributed by atoms with Crippen molar-refractivity contribution < 1.29 is 4.79 Å². The molecule has 0 N–H and O–H groups in total. The summed E-state index contributed by atoms with van der Waals surface area (Å²) in [4.78, 5) is 27.4. The molecule has 0 aliphatic carbocycles. The molecule has 2 heterocycles. The highest BCUT2D eigenvalue weighted by Crippen LogP contribution is 2.18. The molecule has 0 saturated carbocycles. The zero-order chi connectivity index (χ0) is 16.4. The zero-order valence-corrected chi connectivity index (χ0v) is 13.7. The van der Waals surface area contributed by atoms with Crippen molar-refractivity contribution in [1.82, 2.24) is 9.47 Å². The van der Waals surface area contributed by atoms with Crippen molar-refractivity contribution in [3.05, 3.63) is 69.6 Å². The number of nitrogens with zero attached hydrogens (tertiary/aromatic N) is 2. The van der Waals surface area contributed by atoms with Crippen LogP contribution in [0.5, 0.6) is 0 Å². The van der Waals surface area contributed by atoms with Crippen molar-refractivity contribution in [2.45, 2.75) is 32.7 Å². The van der Waals surface area contributed by atoms with Crippen molar-refractivity contribution in [3.8, 4) is 0 Å². The Balaban J connectivity index is 2.02. The van der Waals surface area contributed by atoms with Crippen LogP contribution in [0.1, 0.15) is 47.3 Å². The van der Waals surface area contributed by atoms with Gasteiger partial charge in [0.05, 0.1) is 6.04 Å². The van der Waals surface area contributed by atoms with E-state index in [0.29, 0.717) is 5.56 Å². The van der Waals surface area contributed by atoms with Gasteiger partial charge in [-0.15, -0.1) is 0 Å². The summed E-state index contributed by atoms with van der Waals surface area (Å²) >= 11 is 0. The van der Waals surface area contributed by atoms with E-state index in [9.17, 15) is 9.59 Å². The molecule has 0 spiro atoms. The molecule has 1 fully saturated rings. The average Bonchev–Trinajstić information content (AvgIpc) is 3.09. The highest BCUT2D eigenvalue weighted by molar-refractivity contribution is 5.95. The lowest BCUT2D eigenvalue weighted by atomic mass is 10.1. The molecule has 2 aromatic rings. The lowest BCUT2D eigenvalue weighted by molar-refractivity contribution is 0.0789. The Hall–Kier alpha value is -2.36. The maximum Gasteiger partial charge on any atom is 0.264 e. The Kier molecular flexibility index (Phi) is 4.33. The Morgan fingerprint density at radius 3 is 2.39 bits per heavy atom. The summed E-state index contributed by atoms with van der Waals surface area (Å²) < 4.78 is 1.66. The molecule has 0 radical (unpaired) electrons. The number of carbonyl (C=O) groups excluding carboxylic acids is 1. The fourth-order valence-corrected chi connectivity index (χ4v) is 3.18. The lowest BCUT2D eigenvalue weighted by Gasteiger charge is -2.20. The van der Waals surface area contributed by atoms with Crippen LogP contribution >= 0.6 is 0 Å². The van der Waals surface area contributed by atoms with Gasteiger partial charge >= 0.3 is 0 Å². The summed E-state index contributed by atoms with van der Waals surface area (Å²) in [5, 5.41) is 0. The van der Waals surface area contributed by atoms with Crippen molar-refractivity contribution >= 4 is 5.91 Å². The number of aryl methyl sites for hydroxylation is 1. The third kappa shape index (κ3) is 2.93. The number of aromatic nitrogens is 1. The molecule has 1 atom stereocenters. The number of hydrogen-bond donors (Lipinski definition) is 0. The quantitative estimate of drug-likeness (QED) is 0.874. The van der Waals surface area contributed by atoms with Gasteiger partial charge in [-0.25, -0.2) is 0 Å². The molecular weight excluding hydrogens is 288 g/mol. The minimum Gasteiger partial charge on any atom is -0.338 e. The Bertz CT molecular complexity index is 759. The van der Waals surface area contributed by atoms with Crippen molar-refractivity contribution in [1.29, 1.82) is 0 Å². The summed E-state index contributed by atoms with van der Waals surface area (Å²) in [6.45, 7) is 5.32. The van der Waals surface area contributed by atoms with Gasteiger partial charge in [-0.05, 0) is 43.9 Å². The number of rotatable bonds is 3. The normalized spacial score (nSPS) is 15.7. The van der Waals surface area contributed by atoms with E-state index >= 15 is 0 Å². The fraction of sp³-hybridized carbons (Fsp3) is 0.368. The number of benzene rings is 1. The van der Waals surface area contributed by atoms with E-state index in [2.05, 4.69) is 0 Å². The summed E-state index contributed by atoms with van der Waals surface area (Å²) in [6.07, 6.45) is 3.83. The molecule has 1 aromatic carbocycles. The van der Waals surface area contributed by atoms with Gasteiger partial charge in [-0.2, -0.15) is 0 Å². The summed E-state index contributed by atoms with van der Waals surface area (Å²) in [7, 11) is 0. The van der Waals surface area contributed by atoms with Crippen LogP contribution in [0, 0.1) is 6.92 Å². The number of amides is 1. The predicted octanol–water partition coefficient (Wildman–Crippen LogP) is 3.00. The van der Waals surface area contributed by atoms with Gasteiger partial charge in [-0.1, -0.05) is 30.3 Å². The molecule has 1 aliphatic heterocycles. The molecule has 1 unspecified atom stereocenters. The molecule has 4 heteroatoms. The van der Waals surface area contributed by atoms with Crippen LogP contribution in [0.2, 0.25) is 0 Å². The van der Waals surface area contributed by atoms with Gasteiger partial charge < -0.3 is 9.47 Å². The molecule has 1 amide bonds. The first-order chi connectivity index (χ1) is 11.1. The van der Waals surface area contributed by atoms with Gasteiger partial charge in [0, 0.05) is 19.3 Å². The standard InChI is InChI=1S/C19H22N2O2/c1-14-10-13-21(15(2)16-8-4-3-5-9-16)19(23)17(14)18(22)20-11-6-7-12-20/h3-5,8-10,13,15H,6-7,11-12H2,1-2H3. The van der Waals surface area contributed by atoms with E-state index in [4.69, 9.17) is 0 Å². The molecule has 0 bridgehead atoms. The van der Waals surface area contributed by atoms with Gasteiger partial charge in [-0.3, -0.25) is 9.59 Å². The monoisotopic (exact) mass is 310 g/mol. The maximum absolute atomic E-state index is 12.9. The molecule has 1 saturated heterocycles. The third-order valence-electron chi connectivity index (χ3n) is 4.63. The molecule has 23 heavy (non-hydrogen) atoms. The van der Waals surface area contributed by atoms with Crippen LogP contribution in [-0.2, 0) is 0 Å². The van der Waals surface area contributed by atoms with E-state index in [1.54, 1.807) is 15.7 Å². The topological polar surface area (TPSA) is 42.3 Å². The maximum atomic E-state index is 12.9. The van der Waals surface area contributed by atoms with Crippen LogP contribution < -0.4 is 5.56 Å². The fourth-order valence-electron chi connectivity index (χ4n) is 3.18. The van der Waals surface area contributed by atoms with Crippen LogP contribution in [-0.4, -0.2) is 28.5 Å². The van der Waals surface area contributed by atoms with E-state index < -0.39 is 0 Å². The molecule has 4 nitrogen and oxygen atoms in total. The molecule has 3 rings (SSSR count). The van der Waals surface area contributed by atoms with Crippen molar-refractivity contribution in [2.75, 3.05) is 13.1 Å². The summed E-state index contributed by atoms with van der Waals surface area (Å²) in [5.41, 5.74) is 1.93. The predicted molar refractivity (Wildman–Crippen MR) is 90.8 cm³/mol. The van der Waals surface area contributed by atoms with Crippen LogP contribution in [0.25, 0.3) is 0 Å². The van der Waals surface area contributed by atoms with Gasteiger partial charge in [0.15, 0.2) is 0 Å². The second-order valence-electron chi connectivity index (χ2n) is 6.17. The van der Waals surface area contributed by atoms with Gasteiger partial charge in [0.2, 0.25) is 0 Å². The highest BCUT2D eigenvalue weighted by Gasteiger charge is 2.25. The lowest BCUT2D eigenvalue weighted by Crippen LogP contribution is -2.36. The van der Waals surface area contributed by atoms with Crippen molar-refractivity contribution in [3.63, 3.8) is 0 Å². The molecular formula is C19H22N2O2. The van der Waals surface area contributed by atoms with E-state index in [1.807, 2.05) is 50.2 Å². The number of likely N-dealkylation sites (tertiary alicyclic amines) is 1. The van der Waals surface area contributed by atoms with Crippen LogP contribution in [0.4, 0.5) is 0 Å². The van der Waals surface area contributed by atoms with Crippen molar-refractivity contribution in [2.24, 2.45) is 0 Å². The van der Waals surface area contributed by atoms with E-state index in [1.165, 1.54) is 0 Å². The summed E-state index contributed by atoms with van der Waals surface area (Å²) in [5.74, 6) is -0.125. The molecule has 120 valence electrons.